The van der Waals surface area contributed by atoms with E-state index >= 15 is 0 Å². The van der Waals surface area contributed by atoms with Gasteiger partial charge in [-0.3, -0.25) is 4.79 Å². The Morgan fingerprint density at radius 2 is 1.93 bits per heavy atom. The van der Waals surface area contributed by atoms with E-state index in [-0.39, 0.29) is 18.5 Å². The van der Waals surface area contributed by atoms with Crippen LogP contribution in [0.25, 0.3) is 11.3 Å². The van der Waals surface area contributed by atoms with E-state index in [1.807, 2.05) is 36.4 Å². The number of aromatic nitrogens is 1. The van der Waals surface area contributed by atoms with Crippen molar-refractivity contribution in [2.45, 2.75) is 5.03 Å². The molecule has 1 aromatic heterocycles. The molecule has 4 rings (SSSR count). The highest BCUT2D eigenvalue weighted by Crippen LogP contribution is 2.34. The summed E-state index contributed by atoms with van der Waals surface area (Å²) in [5.74, 6) is 1.20. The standard InChI is InChI=1S/C21H15N3O3S/c22-11-15-6-8-17(14-4-2-1-3-5-14)24-21(15)28-12-20(25)23-16-7-9-18-19(10-16)27-13-26-18/h1-10H,12-13H2,(H,23,25). The summed E-state index contributed by atoms with van der Waals surface area (Å²) in [5, 5.41) is 12.7. The maximum absolute atomic E-state index is 12.3. The molecule has 2 heterocycles. The Morgan fingerprint density at radius 3 is 2.75 bits per heavy atom. The number of carbonyl (C=O) groups is 1. The van der Waals surface area contributed by atoms with E-state index < -0.39 is 0 Å². The summed E-state index contributed by atoms with van der Waals surface area (Å²) in [5.41, 5.74) is 2.79. The van der Waals surface area contributed by atoms with Crippen LogP contribution in [0.15, 0.2) is 65.7 Å². The van der Waals surface area contributed by atoms with Gasteiger partial charge >= 0.3 is 0 Å². The van der Waals surface area contributed by atoms with Crippen LogP contribution in [0, 0.1) is 11.3 Å². The van der Waals surface area contributed by atoms with Gasteiger partial charge in [-0.1, -0.05) is 42.1 Å². The molecule has 0 bridgehead atoms. The number of amides is 1. The number of fused-ring (bicyclic) bond motifs is 1. The Morgan fingerprint density at radius 1 is 1.11 bits per heavy atom. The molecule has 0 saturated heterocycles. The molecule has 1 aliphatic heterocycles. The molecule has 0 atom stereocenters. The molecule has 3 aromatic rings. The summed E-state index contributed by atoms with van der Waals surface area (Å²) in [6.45, 7) is 0.183. The Kier molecular flexibility index (Phi) is 5.13. The van der Waals surface area contributed by atoms with Crippen LogP contribution in [0.3, 0.4) is 0 Å². The highest BCUT2D eigenvalue weighted by Gasteiger charge is 2.15. The van der Waals surface area contributed by atoms with E-state index in [1.165, 1.54) is 11.8 Å². The molecule has 28 heavy (non-hydrogen) atoms. The number of rotatable bonds is 5. The van der Waals surface area contributed by atoms with Crippen LogP contribution in [-0.2, 0) is 4.79 Å². The van der Waals surface area contributed by atoms with E-state index in [0.29, 0.717) is 27.8 Å². The molecule has 1 N–H and O–H groups in total. The van der Waals surface area contributed by atoms with Crippen LogP contribution in [-0.4, -0.2) is 23.4 Å². The van der Waals surface area contributed by atoms with E-state index in [9.17, 15) is 10.1 Å². The highest BCUT2D eigenvalue weighted by atomic mass is 32.2. The first-order valence-corrected chi connectivity index (χ1v) is 9.50. The molecule has 1 amide bonds. The summed E-state index contributed by atoms with van der Waals surface area (Å²) in [6.07, 6.45) is 0. The van der Waals surface area contributed by atoms with Gasteiger partial charge in [0, 0.05) is 17.3 Å². The number of pyridine rings is 1. The molecular formula is C21H15N3O3S. The number of hydrogen-bond donors (Lipinski definition) is 1. The number of hydrogen-bond acceptors (Lipinski definition) is 6. The molecule has 0 aliphatic carbocycles. The van der Waals surface area contributed by atoms with Gasteiger partial charge in [-0.15, -0.1) is 0 Å². The maximum Gasteiger partial charge on any atom is 0.234 e. The fourth-order valence-corrected chi connectivity index (χ4v) is 3.48. The molecule has 7 heteroatoms. The van der Waals surface area contributed by atoms with Gasteiger partial charge in [0.25, 0.3) is 0 Å². The average molecular weight is 389 g/mol. The number of benzene rings is 2. The van der Waals surface area contributed by atoms with Crippen LogP contribution in [0.1, 0.15) is 5.56 Å². The van der Waals surface area contributed by atoms with E-state index in [2.05, 4.69) is 16.4 Å². The second kappa shape index (κ2) is 8.03. The largest absolute Gasteiger partial charge is 0.454 e. The Bertz CT molecular complexity index is 1060. The summed E-state index contributed by atoms with van der Waals surface area (Å²) in [4.78, 5) is 16.9. The molecule has 1 aliphatic rings. The molecule has 2 aromatic carbocycles. The number of nitrogens with zero attached hydrogens (tertiary/aromatic N) is 2. The number of ether oxygens (including phenoxy) is 2. The molecular weight excluding hydrogens is 374 g/mol. The van der Waals surface area contributed by atoms with Crippen molar-refractivity contribution in [2.24, 2.45) is 0 Å². The van der Waals surface area contributed by atoms with Crippen molar-refractivity contribution in [1.82, 2.24) is 4.98 Å². The second-order valence-corrected chi connectivity index (χ2v) is 6.90. The number of carbonyl (C=O) groups excluding carboxylic acids is 1. The molecule has 138 valence electrons. The number of anilines is 1. The molecule has 0 fully saturated rings. The van der Waals surface area contributed by atoms with Crippen LogP contribution < -0.4 is 14.8 Å². The van der Waals surface area contributed by atoms with Crippen LogP contribution in [0.2, 0.25) is 0 Å². The van der Waals surface area contributed by atoms with Crippen molar-refractivity contribution in [3.05, 3.63) is 66.2 Å². The first kappa shape index (κ1) is 17.9. The van der Waals surface area contributed by atoms with Gasteiger partial charge in [0.1, 0.15) is 11.1 Å². The van der Waals surface area contributed by atoms with E-state index in [4.69, 9.17) is 9.47 Å². The summed E-state index contributed by atoms with van der Waals surface area (Å²) in [7, 11) is 0. The lowest BCUT2D eigenvalue weighted by Gasteiger charge is -2.08. The third kappa shape index (κ3) is 3.92. The summed E-state index contributed by atoms with van der Waals surface area (Å²) >= 11 is 1.23. The Labute approximate surface area is 166 Å². The third-order valence-corrected chi connectivity index (χ3v) is 5.04. The Balaban J connectivity index is 1.45. The zero-order chi connectivity index (χ0) is 19.3. The predicted molar refractivity (Wildman–Crippen MR) is 106 cm³/mol. The molecule has 6 nitrogen and oxygen atoms in total. The Hall–Kier alpha value is -3.50. The van der Waals surface area contributed by atoms with Gasteiger partial charge in [-0.05, 0) is 24.3 Å². The first-order valence-electron chi connectivity index (χ1n) is 8.52. The fraction of sp³-hybridized carbons (Fsp3) is 0.0952. The minimum Gasteiger partial charge on any atom is -0.454 e. The summed E-state index contributed by atoms with van der Waals surface area (Å²) < 4.78 is 10.6. The van der Waals surface area contributed by atoms with Crippen molar-refractivity contribution < 1.29 is 14.3 Å². The van der Waals surface area contributed by atoms with Crippen LogP contribution in [0.4, 0.5) is 5.69 Å². The number of thioether (sulfide) groups is 1. The summed E-state index contributed by atoms with van der Waals surface area (Å²) in [6, 6.07) is 20.6. The smallest absolute Gasteiger partial charge is 0.234 e. The SMILES string of the molecule is N#Cc1ccc(-c2ccccc2)nc1SCC(=O)Nc1ccc2c(c1)OCO2. The molecule has 0 spiro atoms. The third-order valence-electron chi connectivity index (χ3n) is 4.05. The zero-order valence-electron chi connectivity index (χ0n) is 14.7. The predicted octanol–water partition coefficient (Wildman–Crippen LogP) is 4.08. The van der Waals surface area contributed by atoms with E-state index in [0.717, 1.165) is 11.3 Å². The lowest BCUT2D eigenvalue weighted by atomic mass is 10.1. The highest BCUT2D eigenvalue weighted by molar-refractivity contribution is 8.00. The topological polar surface area (TPSA) is 84.2 Å². The van der Waals surface area contributed by atoms with Crippen molar-refractivity contribution >= 4 is 23.4 Å². The minimum atomic E-state index is -0.195. The lowest BCUT2D eigenvalue weighted by molar-refractivity contribution is -0.113. The van der Waals surface area contributed by atoms with Gasteiger partial charge < -0.3 is 14.8 Å². The number of nitrogens with one attached hydrogen (secondary N) is 1. The van der Waals surface area contributed by atoms with Crippen molar-refractivity contribution in [3.63, 3.8) is 0 Å². The van der Waals surface area contributed by atoms with Crippen LogP contribution in [0.5, 0.6) is 11.5 Å². The fourth-order valence-electron chi connectivity index (χ4n) is 2.71. The van der Waals surface area contributed by atoms with Crippen molar-refractivity contribution in [2.75, 3.05) is 17.9 Å². The second-order valence-electron chi connectivity index (χ2n) is 5.93. The monoisotopic (exact) mass is 389 g/mol. The minimum absolute atomic E-state index is 0.133. The van der Waals surface area contributed by atoms with Gasteiger partial charge in [-0.25, -0.2) is 4.98 Å². The molecule has 0 unspecified atom stereocenters. The quantitative estimate of drug-likeness (QED) is 0.662. The van der Waals surface area contributed by atoms with Gasteiger partial charge in [0.2, 0.25) is 12.7 Å². The zero-order valence-corrected chi connectivity index (χ0v) is 15.5. The van der Waals surface area contributed by atoms with Gasteiger partial charge in [-0.2, -0.15) is 5.26 Å². The number of nitriles is 1. The average Bonchev–Trinajstić information content (AvgIpc) is 3.20. The van der Waals surface area contributed by atoms with Gasteiger partial charge in [0.15, 0.2) is 11.5 Å². The van der Waals surface area contributed by atoms with E-state index in [1.54, 1.807) is 24.3 Å². The van der Waals surface area contributed by atoms with Crippen molar-refractivity contribution in [3.8, 4) is 28.8 Å². The molecule has 0 radical (unpaired) electrons. The lowest BCUT2D eigenvalue weighted by Crippen LogP contribution is -2.14. The molecule has 0 saturated carbocycles. The first-order chi connectivity index (χ1) is 13.7. The normalized spacial score (nSPS) is 11.7. The van der Waals surface area contributed by atoms with Crippen LogP contribution >= 0.6 is 11.8 Å². The maximum atomic E-state index is 12.3. The van der Waals surface area contributed by atoms with Crippen molar-refractivity contribution in [1.29, 1.82) is 5.26 Å². The van der Waals surface area contributed by atoms with Gasteiger partial charge in [0.05, 0.1) is 17.0 Å².